The zero-order valence-corrected chi connectivity index (χ0v) is 16.8. The van der Waals surface area contributed by atoms with Crippen molar-refractivity contribution in [1.29, 1.82) is 0 Å². The first-order chi connectivity index (χ1) is 13.5. The van der Waals surface area contributed by atoms with Gasteiger partial charge in [0.1, 0.15) is 0 Å². The van der Waals surface area contributed by atoms with Gasteiger partial charge >= 0.3 is 0 Å². The molecule has 0 unspecified atom stereocenters. The second-order valence-corrected chi connectivity index (χ2v) is 8.32. The fourth-order valence-corrected chi connectivity index (χ4v) is 3.63. The molecule has 0 fully saturated rings. The Bertz CT molecular complexity index is 1030. The molecule has 5 heteroatoms. The Morgan fingerprint density at radius 1 is 0.821 bits per heavy atom. The molecule has 3 rings (SSSR count). The predicted molar refractivity (Wildman–Crippen MR) is 114 cm³/mol. The Kier molecular flexibility index (Phi) is 6.26. The fourth-order valence-electron chi connectivity index (χ4n) is 2.80. The van der Waals surface area contributed by atoms with Crippen LogP contribution in [0.2, 0.25) is 0 Å². The van der Waals surface area contributed by atoms with Gasteiger partial charge in [-0.3, -0.25) is 0 Å². The van der Waals surface area contributed by atoms with Crippen LogP contribution in [0, 0.1) is 12.8 Å². The van der Waals surface area contributed by atoms with Crippen molar-refractivity contribution in [3.05, 3.63) is 108 Å². The summed E-state index contributed by atoms with van der Waals surface area (Å²) in [5.74, 6) is 1.11. The highest BCUT2D eigenvalue weighted by Crippen LogP contribution is 2.21. The van der Waals surface area contributed by atoms with E-state index in [0.717, 1.165) is 22.6 Å². The van der Waals surface area contributed by atoms with E-state index >= 15 is 0 Å². The number of nitrogens with one attached hydrogen (secondary N) is 1. The molecule has 0 atom stereocenters. The molecule has 1 N–H and O–H groups in total. The molecular formula is C23H23N2O2S. The zero-order chi connectivity index (χ0) is 20.0. The minimum atomic E-state index is -3.73. The number of benzene rings is 3. The van der Waals surface area contributed by atoms with E-state index in [4.69, 9.17) is 0 Å². The molecule has 0 amide bonds. The average molecular weight is 392 g/mol. The Hall–Kier alpha value is -2.92. The summed E-state index contributed by atoms with van der Waals surface area (Å²) in [7, 11) is -3.73. The molecule has 4 nitrogen and oxygen atoms in total. The molecule has 3 aromatic carbocycles. The standard InChI is InChI=1S/C23H23N2O2S/c1-18-13-15-22(16-14-18)28(26,27)25-24-23(21-11-7-4-8-12-21)17-19(2)20-9-5-3-6-10-20/h3-16,25H,17H2,1-2H3/b24-23+. The van der Waals surface area contributed by atoms with Crippen LogP contribution in [0.5, 0.6) is 0 Å². The summed E-state index contributed by atoms with van der Waals surface area (Å²) < 4.78 is 25.2. The van der Waals surface area contributed by atoms with Gasteiger partial charge in [-0.25, -0.2) is 0 Å². The van der Waals surface area contributed by atoms with Gasteiger partial charge < -0.3 is 0 Å². The van der Waals surface area contributed by atoms with E-state index in [2.05, 4.69) is 9.93 Å². The van der Waals surface area contributed by atoms with Crippen LogP contribution in [0.25, 0.3) is 0 Å². The Morgan fingerprint density at radius 3 is 1.93 bits per heavy atom. The maximum Gasteiger partial charge on any atom is 0.276 e. The van der Waals surface area contributed by atoms with Crippen LogP contribution < -0.4 is 4.83 Å². The molecule has 0 aliphatic rings. The third kappa shape index (κ3) is 5.08. The van der Waals surface area contributed by atoms with Gasteiger partial charge in [0, 0.05) is 12.3 Å². The number of rotatable bonds is 7. The fraction of sp³-hybridized carbons (Fsp3) is 0.130. The highest BCUT2D eigenvalue weighted by molar-refractivity contribution is 7.89. The number of sulfonamides is 1. The van der Waals surface area contributed by atoms with Crippen LogP contribution in [0.15, 0.2) is 94.9 Å². The minimum Gasteiger partial charge on any atom is -0.200 e. The number of hydrogen-bond acceptors (Lipinski definition) is 3. The molecule has 143 valence electrons. The summed E-state index contributed by atoms with van der Waals surface area (Å²) in [4.78, 5) is 2.59. The number of nitrogens with zero attached hydrogens (tertiary/aromatic N) is 1. The van der Waals surface area contributed by atoms with Crippen molar-refractivity contribution < 1.29 is 8.42 Å². The van der Waals surface area contributed by atoms with Crippen LogP contribution in [0.3, 0.4) is 0 Å². The third-order valence-corrected chi connectivity index (χ3v) is 5.66. The van der Waals surface area contributed by atoms with Crippen LogP contribution in [-0.2, 0) is 10.0 Å². The smallest absolute Gasteiger partial charge is 0.200 e. The summed E-state index contributed by atoms with van der Waals surface area (Å²) in [5.41, 5.74) is 3.65. The quantitative estimate of drug-likeness (QED) is 0.468. The van der Waals surface area contributed by atoms with E-state index in [9.17, 15) is 8.42 Å². The van der Waals surface area contributed by atoms with Gasteiger partial charge in [-0.15, -0.1) is 0 Å². The lowest BCUT2D eigenvalue weighted by molar-refractivity contribution is 0.584. The largest absolute Gasteiger partial charge is 0.276 e. The highest BCUT2D eigenvalue weighted by Gasteiger charge is 2.16. The number of hydrazone groups is 1. The van der Waals surface area contributed by atoms with E-state index in [0.29, 0.717) is 12.1 Å². The van der Waals surface area contributed by atoms with Gasteiger partial charge in [0.05, 0.1) is 10.6 Å². The lowest BCUT2D eigenvalue weighted by Gasteiger charge is -2.14. The SMILES string of the molecule is C[C](C/C(=N\NS(=O)(=O)c1ccc(C)cc1)c1ccccc1)c1ccccc1. The van der Waals surface area contributed by atoms with Gasteiger partial charge in [-0.2, -0.15) is 18.4 Å². The molecule has 0 aromatic heterocycles. The van der Waals surface area contributed by atoms with E-state index in [1.807, 2.05) is 74.5 Å². The van der Waals surface area contributed by atoms with Gasteiger partial charge in [0.25, 0.3) is 10.0 Å². The maximum absolute atomic E-state index is 12.6. The van der Waals surface area contributed by atoms with E-state index in [1.54, 1.807) is 24.3 Å². The van der Waals surface area contributed by atoms with E-state index < -0.39 is 10.0 Å². The van der Waals surface area contributed by atoms with Gasteiger partial charge in [0.2, 0.25) is 0 Å². The van der Waals surface area contributed by atoms with E-state index in [1.165, 1.54) is 0 Å². The topological polar surface area (TPSA) is 58.5 Å². The molecule has 0 bridgehead atoms. The third-order valence-electron chi connectivity index (χ3n) is 4.44. The molecule has 28 heavy (non-hydrogen) atoms. The first-order valence-corrected chi connectivity index (χ1v) is 10.5. The lowest BCUT2D eigenvalue weighted by Crippen LogP contribution is -2.21. The minimum absolute atomic E-state index is 0.193. The monoisotopic (exact) mass is 391 g/mol. The molecule has 0 heterocycles. The highest BCUT2D eigenvalue weighted by atomic mass is 32.2. The van der Waals surface area contributed by atoms with Crippen molar-refractivity contribution in [2.75, 3.05) is 0 Å². The normalized spacial score (nSPS) is 12.2. The molecule has 0 saturated carbocycles. The molecule has 0 aliphatic heterocycles. The van der Waals surface area contributed by atoms with Gasteiger partial charge in [0.15, 0.2) is 0 Å². The van der Waals surface area contributed by atoms with Crippen molar-refractivity contribution >= 4 is 15.7 Å². The Labute approximate surface area is 167 Å². The summed E-state index contributed by atoms with van der Waals surface area (Å²) in [6, 6.07) is 26.3. The summed E-state index contributed by atoms with van der Waals surface area (Å²) in [6.07, 6.45) is 0.532. The van der Waals surface area contributed by atoms with Crippen LogP contribution in [0.4, 0.5) is 0 Å². The van der Waals surface area contributed by atoms with Crippen molar-refractivity contribution in [2.45, 2.75) is 25.2 Å². The van der Waals surface area contributed by atoms with E-state index in [-0.39, 0.29) is 4.90 Å². The van der Waals surface area contributed by atoms with Crippen molar-refractivity contribution in [1.82, 2.24) is 4.83 Å². The maximum atomic E-state index is 12.6. The molecule has 3 aromatic rings. The number of aryl methyl sites for hydroxylation is 1. The molecule has 0 aliphatic carbocycles. The van der Waals surface area contributed by atoms with Crippen LogP contribution in [-0.4, -0.2) is 14.1 Å². The van der Waals surface area contributed by atoms with Crippen LogP contribution in [0.1, 0.15) is 30.0 Å². The van der Waals surface area contributed by atoms with Crippen molar-refractivity contribution in [2.24, 2.45) is 5.10 Å². The molecule has 0 spiro atoms. The van der Waals surface area contributed by atoms with Crippen LogP contribution >= 0.6 is 0 Å². The van der Waals surface area contributed by atoms with Gasteiger partial charge in [-0.1, -0.05) is 85.3 Å². The first kappa shape index (κ1) is 19.8. The van der Waals surface area contributed by atoms with Crippen molar-refractivity contribution in [3.8, 4) is 0 Å². The first-order valence-electron chi connectivity index (χ1n) is 9.04. The molecule has 0 saturated heterocycles. The second-order valence-electron chi connectivity index (χ2n) is 6.66. The molecule has 1 radical (unpaired) electrons. The zero-order valence-electron chi connectivity index (χ0n) is 16.0. The Balaban J connectivity index is 1.87. The average Bonchev–Trinajstić information content (AvgIpc) is 2.72. The summed E-state index contributed by atoms with van der Waals surface area (Å²) in [6.45, 7) is 3.94. The predicted octanol–water partition coefficient (Wildman–Crippen LogP) is 4.71. The molecular weight excluding hydrogens is 368 g/mol. The number of hydrogen-bond donors (Lipinski definition) is 1. The summed E-state index contributed by atoms with van der Waals surface area (Å²) in [5, 5.41) is 4.29. The second kappa shape index (κ2) is 8.85. The Morgan fingerprint density at radius 2 is 1.36 bits per heavy atom. The lowest BCUT2D eigenvalue weighted by atomic mass is 9.93. The summed E-state index contributed by atoms with van der Waals surface area (Å²) >= 11 is 0. The van der Waals surface area contributed by atoms with Gasteiger partial charge in [-0.05, 0) is 30.2 Å². The van der Waals surface area contributed by atoms with Crippen molar-refractivity contribution in [3.63, 3.8) is 0 Å².